The number of likely N-dealkylation sites (tertiary alicyclic amines) is 1. The molecular formula is C16H22N4OS. The van der Waals surface area contributed by atoms with Crippen LogP contribution in [0.4, 0.5) is 0 Å². The maximum Gasteiger partial charge on any atom is 0.227 e. The topological polar surface area (TPSA) is 61.9 Å². The second-order valence-corrected chi connectivity index (χ2v) is 7.34. The number of aromatic amines is 1. The highest BCUT2D eigenvalue weighted by Crippen LogP contribution is 2.30. The van der Waals surface area contributed by atoms with Crippen molar-refractivity contribution in [2.24, 2.45) is 0 Å². The Morgan fingerprint density at radius 3 is 2.91 bits per heavy atom. The largest absolute Gasteiger partial charge is 0.342 e. The number of rotatable bonds is 3. The molecule has 5 nitrogen and oxygen atoms in total. The number of H-pyrrole nitrogens is 1. The summed E-state index contributed by atoms with van der Waals surface area (Å²) in [6.07, 6.45) is 4.55. The first-order valence-corrected chi connectivity index (χ1v) is 8.56. The zero-order valence-electron chi connectivity index (χ0n) is 13.3. The van der Waals surface area contributed by atoms with Crippen LogP contribution >= 0.6 is 11.3 Å². The number of thiazole rings is 1. The first-order chi connectivity index (χ1) is 10.5. The Balaban J connectivity index is 1.68. The van der Waals surface area contributed by atoms with Gasteiger partial charge in [0.25, 0.3) is 0 Å². The summed E-state index contributed by atoms with van der Waals surface area (Å²) in [6.45, 7) is 7.65. The van der Waals surface area contributed by atoms with E-state index < -0.39 is 0 Å². The molecule has 22 heavy (non-hydrogen) atoms. The van der Waals surface area contributed by atoms with Crippen molar-refractivity contribution in [2.45, 2.75) is 46.0 Å². The lowest BCUT2D eigenvalue weighted by atomic mass is 9.98. The minimum Gasteiger partial charge on any atom is -0.342 e. The van der Waals surface area contributed by atoms with Crippen molar-refractivity contribution in [1.29, 1.82) is 0 Å². The predicted molar refractivity (Wildman–Crippen MR) is 87.2 cm³/mol. The number of nitrogens with one attached hydrogen (secondary N) is 1. The van der Waals surface area contributed by atoms with E-state index >= 15 is 0 Å². The molecule has 3 rings (SSSR count). The van der Waals surface area contributed by atoms with Crippen molar-refractivity contribution in [1.82, 2.24) is 20.1 Å². The molecule has 1 atom stereocenters. The van der Waals surface area contributed by atoms with Crippen LogP contribution in [0.2, 0.25) is 0 Å². The number of hydrogen-bond acceptors (Lipinski definition) is 4. The van der Waals surface area contributed by atoms with Crippen LogP contribution in [0.15, 0.2) is 6.20 Å². The minimum atomic E-state index is 0.200. The molecule has 0 aliphatic carbocycles. The van der Waals surface area contributed by atoms with Crippen LogP contribution in [0, 0.1) is 20.8 Å². The third kappa shape index (κ3) is 3.06. The van der Waals surface area contributed by atoms with Gasteiger partial charge in [0.15, 0.2) is 0 Å². The van der Waals surface area contributed by atoms with Gasteiger partial charge in [0, 0.05) is 41.3 Å². The van der Waals surface area contributed by atoms with Crippen molar-refractivity contribution in [3.63, 3.8) is 0 Å². The molecule has 1 N–H and O–H groups in total. The first-order valence-electron chi connectivity index (χ1n) is 7.75. The first kappa shape index (κ1) is 15.2. The number of piperidine rings is 1. The maximum absolute atomic E-state index is 12.6. The van der Waals surface area contributed by atoms with E-state index in [4.69, 9.17) is 0 Å². The number of carbonyl (C=O) groups is 1. The van der Waals surface area contributed by atoms with Crippen LogP contribution < -0.4 is 0 Å². The molecule has 118 valence electrons. The molecule has 0 bridgehead atoms. The number of aryl methyl sites for hydroxylation is 3. The van der Waals surface area contributed by atoms with Gasteiger partial charge < -0.3 is 4.90 Å². The molecule has 1 amide bonds. The lowest BCUT2D eigenvalue weighted by Crippen LogP contribution is -2.40. The fraction of sp³-hybridized carbons (Fsp3) is 0.562. The lowest BCUT2D eigenvalue weighted by Gasteiger charge is -2.32. The number of carbonyl (C=O) groups excluding carboxylic acids is 1. The summed E-state index contributed by atoms with van der Waals surface area (Å²) in [7, 11) is 0. The summed E-state index contributed by atoms with van der Waals surface area (Å²) in [5.74, 6) is 0.591. The third-order valence-electron chi connectivity index (χ3n) is 4.37. The summed E-state index contributed by atoms with van der Waals surface area (Å²) in [5, 5.41) is 8.30. The Bertz CT molecular complexity index is 656. The van der Waals surface area contributed by atoms with Gasteiger partial charge in [-0.25, -0.2) is 4.98 Å². The lowest BCUT2D eigenvalue weighted by molar-refractivity contribution is -0.131. The minimum absolute atomic E-state index is 0.200. The maximum atomic E-state index is 12.6. The monoisotopic (exact) mass is 318 g/mol. The van der Waals surface area contributed by atoms with Gasteiger partial charge in [0.05, 0.1) is 17.1 Å². The van der Waals surface area contributed by atoms with E-state index in [1.807, 2.05) is 24.9 Å². The number of amides is 1. The number of hydrogen-bond donors (Lipinski definition) is 1. The highest BCUT2D eigenvalue weighted by molar-refractivity contribution is 7.11. The van der Waals surface area contributed by atoms with E-state index in [0.717, 1.165) is 42.9 Å². The van der Waals surface area contributed by atoms with Gasteiger partial charge in [-0.2, -0.15) is 5.10 Å². The molecular weight excluding hydrogens is 296 g/mol. The molecule has 1 aliphatic rings. The van der Waals surface area contributed by atoms with E-state index in [9.17, 15) is 4.79 Å². The number of aromatic nitrogens is 3. The Hall–Kier alpha value is -1.69. The molecule has 1 saturated heterocycles. The third-order valence-corrected chi connectivity index (χ3v) is 5.45. The van der Waals surface area contributed by atoms with Gasteiger partial charge in [0.1, 0.15) is 0 Å². The molecule has 0 unspecified atom stereocenters. The van der Waals surface area contributed by atoms with E-state index in [1.54, 1.807) is 11.3 Å². The molecule has 3 heterocycles. The van der Waals surface area contributed by atoms with Gasteiger partial charge in [-0.1, -0.05) is 0 Å². The molecule has 2 aromatic heterocycles. The molecule has 6 heteroatoms. The molecule has 0 saturated carbocycles. The van der Waals surface area contributed by atoms with E-state index in [0.29, 0.717) is 12.3 Å². The molecule has 1 fully saturated rings. The summed E-state index contributed by atoms with van der Waals surface area (Å²) in [6, 6.07) is 0. The molecule has 0 aromatic carbocycles. The van der Waals surface area contributed by atoms with Crippen molar-refractivity contribution < 1.29 is 4.79 Å². The molecule has 0 spiro atoms. The zero-order valence-corrected chi connectivity index (χ0v) is 14.2. The Morgan fingerprint density at radius 1 is 1.45 bits per heavy atom. The second kappa shape index (κ2) is 6.20. The Morgan fingerprint density at radius 2 is 2.27 bits per heavy atom. The second-order valence-electron chi connectivity index (χ2n) is 6.08. The normalized spacial score (nSPS) is 18.7. The van der Waals surface area contributed by atoms with Crippen LogP contribution in [0.1, 0.15) is 45.6 Å². The van der Waals surface area contributed by atoms with Crippen molar-refractivity contribution >= 4 is 17.2 Å². The number of nitrogens with zero attached hydrogens (tertiary/aromatic N) is 3. The summed E-state index contributed by atoms with van der Waals surface area (Å²) < 4.78 is 0. The van der Waals surface area contributed by atoms with Crippen molar-refractivity contribution in [2.75, 3.05) is 13.1 Å². The van der Waals surface area contributed by atoms with Crippen LogP contribution in [-0.2, 0) is 11.2 Å². The summed E-state index contributed by atoms with van der Waals surface area (Å²) in [5.41, 5.74) is 2.96. The van der Waals surface area contributed by atoms with Crippen LogP contribution in [0.25, 0.3) is 0 Å². The summed E-state index contributed by atoms with van der Waals surface area (Å²) >= 11 is 1.75. The van der Waals surface area contributed by atoms with E-state index in [1.165, 1.54) is 9.88 Å². The quantitative estimate of drug-likeness (QED) is 0.946. The Labute approximate surface area is 134 Å². The highest BCUT2D eigenvalue weighted by atomic mass is 32.1. The fourth-order valence-electron chi connectivity index (χ4n) is 3.06. The fourth-order valence-corrected chi connectivity index (χ4v) is 3.96. The van der Waals surface area contributed by atoms with Crippen LogP contribution in [0.5, 0.6) is 0 Å². The van der Waals surface area contributed by atoms with Crippen molar-refractivity contribution in [3.8, 4) is 0 Å². The van der Waals surface area contributed by atoms with Gasteiger partial charge >= 0.3 is 0 Å². The van der Waals surface area contributed by atoms with Crippen molar-refractivity contribution in [3.05, 3.63) is 33.0 Å². The predicted octanol–water partition coefficient (Wildman–Crippen LogP) is 2.74. The molecule has 1 aliphatic heterocycles. The SMILES string of the molecule is Cc1cnc([C@H]2CCCN(C(=O)Cc3c(C)n[nH]c3C)C2)s1. The van der Waals surface area contributed by atoms with E-state index in [2.05, 4.69) is 22.1 Å². The smallest absolute Gasteiger partial charge is 0.227 e. The average Bonchev–Trinajstić information content (AvgIpc) is 3.08. The average molecular weight is 318 g/mol. The molecule has 0 radical (unpaired) electrons. The zero-order chi connectivity index (χ0) is 15.7. The molecule has 2 aromatic rings. The van der Waals surface area contributed by atoms with Crippen LogP contribution in [-0.4, -0.2) is 39.1 Å². The van der Waals surface area contributed by atoms with Gasteiger partial charge in [-0.15, -0.1) is 11.3 Å². The van der Waals surface area contributed by atoms with Crippen LogP contribution in [0.3, 0.4) is 0 Å². The van der Waals surface area contributed by atoms with E-state index in [-0.39, 0.29) is 5.91 Å². The highest BCUT2D eigenvalue weighted by Gasteiger charge is 2.27. The van der Waals surface area contributed by atoms with Gasteiger partial charge in [-0.05, 0) is 33.6 Å². The summed E-state index contributed by atoms with van der Waals surface area (Å²) in [4.78, 5) is 20.4. The Kier molecular flexibility index (Phi) is 4.29. The standard InChI is InChI=1S/C16H22N4OS/c1-10-8-17-16(22-10)13-5-4-6-20(9-13)15(21)7-14-11(2)18-19-12(14)3/h8,13H,4-7,9H2,1-3H3,(H,18,19)/t13-/m0/s1. The van der Waals surface area contributed by atoms with Gasteiger partial charge in [0.2, 0.25) is 5.91 Å². The van der Waals surface area contributed by atoms with Gasteiger partial charge in [-0.3, -0.25) is 9.89 Å².